The molecule has 2 rings (SSSR count). The zero-order valence-corrected chi connectivity index (χ0v) is 11.0. The molecule has 0 bridgehead atoms. The molecule has 1 heterocycles. The molecular weight excluding hydrogens is 299 g/mol. The van der Waals surface area contributed by atoms with Gasteiger partial charge < -0.3 is 0 Å². The van der Waals surface area contributed by atoms with Crippen molar-refractivity contribution in [3.8, 4) is 5.69 Å². The van der Waals surface area contributed by atoms with Gasteiger partial charge in [-0.1, -0.05) is 6.07 Å². The predicted molar refractivity (Wildman–Crippen MR) is 70.7 cm³/mol. The first-order valence-electron chi connectivity index (χ1n) is 5.10. The van der Waals surface area contributed by atoms with E-state index in [0.717, 1.165) is 0 Å². The maximum Gasteiger partial charge on any atom is 0.261 e. The Labute approximate surface area is 111 Å². The fraction of sp³-hybridized carbons (Fsp3) is 0.0769. The number of aromatic nitrogens is 1. The number of pyridine rings is 1. The molecule has 0 N–H and O–H groups in total. The topological polar surface area (TPSA) is 26.4 Å². The van der Waals surface area contributed by atoms with Crippen LogP contribution in [0.4, 0.5) is 10.1 Å². The molecule has 1 aromatic carbocycles. The van der Waals surface area contributed by atoms with Crippen LogP contribution in [0.15, 0.2) is 39.6 Å². The number of aryl methyl sites for hydroxylation is 1. The highest BCUT2D eigenvalue weighted by Gasteiger charge is 2.11. The molecule has 3 nitrogen and oxygen atoms in total. The Morgan fingerprint density at radius 2 is 2.06 bits per heavy atom. The fourth-order valence-electron chi connectivity index (χ4n) is 1.67. The molecule has 18 heavy (non-hydrogen) atoms. The second-order valence-electron chi connectivity index (χ2n) is 3.71. The highest BCUT2D eigenvalue weighted by molar-refractivity contribution is 9.10. The molecule has 0 amide bonds. The smallest absolute Gasteiger partial charge is 0.261 e. The van der Waals surface area contributed by atoms with Crippen molar-refractivity contribution in [3.05, 3.63) is 68.1 Å². The Morgan fingerprint density at radius 3 is 2.67 bits per heavy atom. The van der Waals surface area contributed by atoms with Gasteiger partial charge in [0.05, 0.1) is 12.3 Å². The molecule has 0 aliphatic heterocycles. The Kier molecular flexibility index (Phi) is 3.30. The van der Waals surface area contributed by atoms with E-state index >= 15 is 0 Å². The molecule has 0 aliphatic rings. The third kappa shape index (κ3) is 2.07. The quantitative estimate of drug-likeness (QED) is 0.739. The summed E-state index contributed by atoms with van der Waals surface area (Å²) in [5, 5.41) is 0. The predicted octanol–water partition coefficient (Wildman–Crippen LogP) is 3.60. The normalized spacial score (nSPS) is 10.1. The maximum atomic E-state index is 13.0. The summed E-state index contributed by atoms with van der Waals surface area (Å²) in [5.74, 6) is -0.391. The van der Waals surface area contributed by atoms with Crippen LogP contribution in [0.25, 0.3) is 10.5 Å². The Balaban J connectivity index is 2.79. The molecular formula is C13H8BrFN2O. The molecule has 0 spiro atoms. The molecule has 1 aromatic heterocycles. The van der Waals surface area contributed by atoms with Crippen molar-refractivity contribution in [1.29, 1.82) is 0 Å². The zero-order chi connectivity index (χ0) is 13.3. The molecule has 0 radical (unpaired) electrons. The van der Waals surface area contributed by atoms with Gasteiger partial charge in [-0.2, -0.15) is 0 Å². The fourth-order valence-corrected chi connectivity index (χ4v) is 2.20. The first-order valence-corrected chi connectivity index (χ1v) is 5.89. The van der Waals surface area contributed by atoms with Gasteiger partial charge in [-0.25, -0.2) is 9.24 Å². The minimum atomic E-state index is -0.405. The van der Waals surface area contributed by atoms with Crippen molar-refractivity contribution in [2.75, 3.05) is 0 Å². The minimum Gasteiger partial charge on any atom is -0.289 e. The van der Waals surface area contributed by atoms with Gasteiger partial charge in [0, 0.05) is 10.2 Å². The zero-order valence-electron chi connectivity index (χ0n) is 9.45. The van der Waals surface area contributed by atoms with Crippen LogP contribution in [-0.4, -0.2) is 4.57 Å². The summed E-state index contributed by atoms with van der Waals surface area (Å²) < 4.78 is 14.9. The van der Waals surface area contributed by atoms with E-state index < -0.39 is 11.4 Å². The summed E-state index contributed by atoms with van der Waals surface area (Å²) in [4.78, 5) is 15.3. The van der Waals surface area contributed by atoms with E-state index in [-0.39, 0.29) is 5.69 Å². The minimum absolute atomic E-state index is 0.0387. The number of benzene rings is 1. The lowest BCUT2D eigenvalue weighted by molar-refractivity contribution is 0.626. The number of nitrogens with zero attached hydrogens (tertiary/aromatic N) is 2. The SMILES string of the molecule is [C-]#[N+]c1ccc(C)n(-c2ccc(F)cc2Br)c1=O. The molecule has 0 saturated heterocycles. The van der Waals surface area contributed by atoms with Gasteiger partial charge in [-0.3, -0.25) is 9.36 Å². The van der Waals surface area contributed by atoms with E-state index in [1.807, 2.05) is 0 Å². The standard InChI is InChI=1S/C13H8BrFN2O/c1-8-3-5-11(16-2)13(18)17(8)12-6-4-9(15)7-10(12)14/h3-7H,1H3. The van der Waals surface area contributed by atoms with Gasteiger partial charge in [-0.15, -0.1) is 0 Å². The number of hydrogen-bond acceptors (Lipinski definition) is 1. The van der Waals surface area contributed by atoms with Crippen molar-refractivity contribution in [2.45, 2.75) is 6.92 Å². The third-order valence-corrected chi connectivity index (χ3v) is 3.16. The second-order valence-corrected chi connectivity index (χ2v) is 4.56. The third-order valence-electron chi connectivity index (χ3n) is 2.53. The van der Waals surface area contributed by atoms with Crippen molar-refractivity contribution in [3.63, 3.8) is 0 Å². The molecule has 5 heteroatoms. The summed E-state index contributed by atoms with van der Waals surface area (Å²) in [6.07, 6.45) is 0. The Bertz CT molecular complexity index is 716. The first kappa shape index (κ1) is 12.5. The van der Waals surface area contributed by atoms with Crippen molar-refractivity contribution >= 4 is 21.6 Å². The molecule has 90 valence electrons. The highest BCUT2D eigenvalue weighted by Crippen LogP contribution is 2.23. The van der Waals surface area contributed by atoms with E-state index in [9.17, 15) is 9.18 Å². The van der Waals surface area contributed by atoms with E-state index in [1.165, 1.54) is 28.8 Å². The molecule has 0 aliphatic carbocycles. The second kappa shape index (κ2) is 4.75. The lowest BCUT2D eigenvalue weighted by atomic mass is 10.2. The maximum absolute atomic E-state index is 13.0. The van der Waals surface area contributed by atoms with Crippen molar-refractivity contribution < 1.29 is 4.39 Å². The van der Waals surface area contributed by atoms with Crippen LogP contribution in [0.1, 0.15) is 5.69 Å². The summed E-state index contributed by atoms with van der Waals surface area (Å²) in [5.41, 5.74) is 0.832. The average molecular weight is 307 g/mol. The lowest BCUT2D eigenvalue weighted by Crippen LogP contribution is -2.20. The van der Waals surface area contributed by atoms with E-state index in [1.54, 1.807) is 13.0 Å². The lowest BCUT2D eigenvalue weighted by Gasteiger charge is -2.12. The van der Waals surface area contributed by atoms with Gasteiger partial charge in [0.15, 0.2) is 0 Å². The summed E-state index contributed by atoms with van der Waals surface area (Å²) in [6.45, 7) is 8.70. The summed E-state index contributed by atoms with van der Waals surface area (Å²) in [7, 11) is 0. The number of rotatable bonds is 1. The number of hydrogen-bond donors (Lipinski definition) is 0. The van der Waals surface area contributed by atoms with E-state index in [2.05, 4.69) is 20.8 Å². The summed E-state index contributed by atoms with van der Waals surface area (Å²) in [6, 6.07) is 7.23. The highest BCUT2D eigenvalue weighted by atomic mass is 79.9. The van der Waals surface area contributed by atoms with Gasteiger partial charge >= 0.3 is 0 Å². The molecule has 0 fully saturated rings. The van der Waals surface area contributed by atoms with Crippen LogP contribution in [0, 0.1) is 19.3 Å². The van der Waals surface area contributed by atoms with Crippen LogP contribution in [-0.2, 0) is 0 Å². The van der Waals surface area contributed by atoms with Crippen LogP contribution in [0.3, 0.4) is 0 Å². The Hall–Kier alpha value is -1.93. The largest absolute Gasteiger partial charge is 0.289 e. The van der Waals surface area contributed by atoms with Crippen LogP contribution >= 0.6 is 15.9 Å². The van der Waals surface area contributed by atoms with Gasteiger partial charge in [0.1, 0.15) is 5.82 Å². The summed E-state index contributed by atoms with van der Waals surface area (Å²) >= 11 is 3.22. The monoisotopic (exact) mass is 306 g/mol. The molecule has 0 atom stereocenters. The number of halogens is 2. The van der Waals surface area contributed by atoms with Gasteiger partial charge in [-0.05, 0) is 47.1 Å². The Morgan fingerprint density at radius 1 is 1.33 bits per heavy atom. The van der Waals surface area contributed by atoms with Crippen molar-refractivity contribution in [1.82, 2.24) is 4.57 Å². The van der Waals surface area contributed by atoms with Crippen LogP contribution in [0.5, 0.6) is 0 Å². The van der Waals surface area contributed by atoms with E-state index in [0.29, 0.717) is 15.9 Å². The van der Waals surface area contributed by atoms with Gasteiger partial charge in [0.2, 0.25) is 0 Å². The van der Waals surface area contributed by atoms with Crippen LogP contribution in [0.2, 0.25) is 0 Å². The van der Waals surface area contributed by atoms with Crippen LogP contribution < -0.4 is 5.56 Å². The first-order chi connectivity index (χ1) is 8.54. The average Bonchev–Trinajstić information content (AvgIpc) is 2.32. The van der Waals surface area contributed by atoms with Gasteiger partial charge in [0.25, 0.3) is 11.2 Å². The molecule has 0 unspecified atom stereocenters. The molecule has 2 aromatic rings. The van der Waals surface area contributed by atoms with Crippen molar-refractivity contribution in [2.24, 2.45) is 0 Å². The molecule has 0 saturated carbocycles. The van der Waals surface area contributed by atoms with E-state index in [4.69, 9.17) is 6.57 Å².